The van der Waals surface area contributed by atoms with E-state index < -0.39 is 11.7 Å². The van der Waals surface area contributed by atoms with Crippen LogP contribution in [0.25, 0.3) is 0 Å². The highest BCUT2D eigenvalue weighted by Crippen LogP contribution is 2.07. The van der Waals surface area contributed by atoms with Crippen LogP contribution >= 0.6 is 11.3 Å². The molecule has 1 aromatic rings. The molecule has 0 aliphatic heterocycles. The SMILES string of the molecule is CC(C)(C)OC(=O)NCCC(=O)NCCCNC(=O)c1cccs1. The minimum atomic E-state index is -0.556. The average molecular weight is 355 g/mol. The molecule has 0 radical (unpaired) electrons. The van der Waals surface area contributed by atoms with E-state index in [1.165, 1.54) is 11.3 Å². The van der Waals surface area contributed by atoms with Gasteiger partial charge in [0.1, 0.15) is 5.60 Å². The van der Waals surface area contributed by atoms with Gasteiger partial charge in [-0.15, -0.1) is 11.3 Å². The first-order valence-electron chi connectivity index (χ1n) is 7.83. The van der Waals surface area contributed by atoms with Crippen molar-refractivity contribution in [3.63, 3.8) is 0 Å². The van der Waals surface area contributed by atoms with E-state index in [-0.39, 0.29) is 24.8 Å². The van der Waals surface area contributed by atoms with Gasteiger partial charge in [-0.3, -0.25) is 9.59 Å². The molecule has 3 N–H and O–H groups in total. The molecule has 134 valence electrons. The number of hydrogen-bond donors (Lipinski definition) is 3. The van der Waals surface area contributed by atoms with Crippen molar-refractivity contribution in [1.29, 1.82) is 0 Å². The molecular formula is C16H25N3O4S. The van der Waals surface area contributed by atoms with Crippen molar-refractivity contribution in [2.75, 3.05) is 19.6 Å². The van der Waals surface area contributed by atoms with Gasteiger partial charge in [0.2, 0.25) is 5.91 Å². The van der Waals surface area contributed by atoms with Crippen LogP contribution in [0, 0.1) is 0 Å². The highest BCUT2D eigenvalue weighted by atomic mass is 32.1. The number of carbonyl (C=O) groups excluding carboxylic acids is 3. The Kier molecular flexibility index (Phi) is 8.25. The van der Waals surface area contributed by atoms with Crippen molar-refractivity contribution in [3.05, 3.63) is 22.4 Å². The summed E-state index contributed by atoms with van der Waals surface area (Å²) in [6, 6.07) is 3.59. The van der Waals surface area contributed by atoms with E-state index in [9.17, 15) is 14.4 Å². The van der Waals surface area contributed by atoms with E-state index in [2.05, 4.69) is 16.0 Å². The standard InChI is InChI=1S/C16H25N3O4S/c1-16(2,3)23-15(22)19-10-7-13(20)17-8-5-9-18-14(21)12-6-4-11-24-12/h4,6,11H,5,7-10H2,1-3H3,(H,17,20)(H,18,21)(H,19,22). The normalized spacial score (nSPS) is 10.8. The zero-order valence-electron chi connectivity index (χ0n) is 14.3. The number of nitrogens with one attached hydrogen (secondary N) is 3. The summed E-state index contributed by atoms with van der Waals surface area (Å²) in [5.41, 5.74) is -0.556. The molecule has 0 unspecified atom stereocenters. The first kappa shape index (κ1) is 20.0. The van der Waals surface area contributed by atoms with Gasteiger partial charge in [-0.2, -0.15) is 0 Å². The van der Waals surface area contributed by atoms with Crippen LogP contribution in [0.1, 0.15) is 43.3 Å². The van der Waals surface area contributed by atoms with Crippen LogP contribution in [-0.2, 0) is 9.53 Å². The Balaban J connectivity index is 2.02. The number of amides is 3. The molecule has 0 saturated heterocycles. The van der Waals surface area contributed by atoms with Crippen LogP contribution in [0.15, 0.2) is 17.5 Å². The highest BCUT2D eigenvalue weighted by Gasteiger charge is 2.15. The second-order valence-corrected chi connectivity index (χ2v) is 7.06. The summed E-state index contributed by atoms with van der Waals surface area (Å²) in [5, 5.41) is 9.89. The molecule has 0 aromatic carbocycles. The molecule has 0 saturated carbocycles. The monoisotopic (exact) mass is 355 g/mol. The van der Waals surface area contributed by atoms with E-state index in [4.69, 9.17) is 4.74 Å². The van der Waals surface area contributed by atoms with E-state index in [1.54, 1.807) is 26.8 Å². The summed E-state index contributed by atoms with van der Waals surface area (Å²) in [5.74, 6) is -0.256. The first-order chi connectivity index (χ1) is 11.3. The van der Waals surface area contributed by atoms with Crippen molar-refractivity contribution >= 4 is 29.2 Å². The largest absolute Gasteiger partial charge is 0.444 e. The zero-order chi connectivity index (χ0) is 18.0. The van der Waals surface area contributed by atoms with E-state index in [0.29, 0.717) is 24.4 Å². The number of carbonyl (C=O) groups is 3. The summed E-state index contributed by atoms with van der Waals surface area (Å²) in [6.45, 7) is 6.50. The highest BCUT2D eigenvalue weighted by molar-refractivity contribution is 7.12. The van der Waals surface area contributed by atoms with Crippen LogP contribution in [0.3, 0.4) is 0 Å². The fourth-order valence-electron chi connectivity index (χ4n) is 1.69. The van der Waals surface area contributed by atoms with Crippen LogP contribution in [0.4, 0.5) is 4.79 Å². The average Bonchev–Trinajstić information content (AvgIpc) is 2.99. The van der Waals surface area contributed by atoms with Crippen molar-refractivity contribution < 1.29 is 19.1 Å². The second-order valence-electron chi connectivity index (χ2n) is 6.12. The molecule has 0 atom stereocenters. The molecule has 0 bridgehead atoms. The van der Waals surface area contributed by atoms with Gasteiger partial charge >= 0.3 is 6.09 Å². The van der Waals surface area contributed by atoms with Gasteiger partial charge in [-0.1, -0.05) is 6.07 Å². The van der Waals surface area contributed by atoms with Crippen molar-refractivity contribution in [2.45, 2.75) is 39.2 Å². The molecule has 1 rings (SSSR count). The number of alkyl carbamates (subject to hydrolysis) is 1. The summed E-state index contributed by atoms with van der Waals surface area (Å²) in [7, 11) is 0. The molecule has 0 aliphatic carbocycles. The lowest BCUT2D eigenvalue weighted by Gasteiger charge is -2.19. The van der Waals surface area contributed by atoms with Gasteiger partial charge in [-0.25, -0.2) is 4.79 Å². The van der Waals surface area contributed by atoms with Gasteiger partial charge < -0.3 is 20.7 Å². The third-order valence-corrected chi connectivity index (χ3v) is 3.60. The summed E-state index contributed by atoms with van der Waals surface area (Å²) >= 11 is 1.39. The molecule has 24 heavy (non-hydrogen) atoms. The van der Waals surface area contributed by atoms with E-state index in [0.717, 1.165) is 0 Å². The number of thiophene rings is 1. The van der Waals surface area contributed by atoms with Crippen LogP contribution < -0.4 is 16.0 Å². The molecule has 0 aliphatic rings. The fraction of sp³-hybridized carbons (Fsp3) is 0.562. The predicted molar refractivity (Wildman–Crippen MR) is 93.1 cm³/mol. The Hall–Kier alpha value is -2.09. The van der Waals surface area contributed by atoms with Crippen LogP contribution in [0.2, 0.25) is 0 Å². The first-order valence-corrected chi connectivity index (χ1v) is 8.71. The molecular weight excluding hydrogens is 330 g/mol. The van der Waals surface area contributed by atoms with Crippen molar-refractivity contribution in [1.82, 2.24) is 16.0 Å². The molecule has 1 aromatic heterocycles. The maximum atomic E-state index is 11.7. The molecule has 7 nitrogen and oxygen atoms in total. The van der Waals surface area contributed by atoms with Crippen molar-refractivity contribution in [3.8, 4) is 0 Å². The Morgan fingerprint density at radius 2 is 1.79 bits per heavy atom. The van der Waals surface area contributed by atoms with Gasteiger partial charge in [-0.05, 0) is 38.6 Å². The smallest absolute Gasteiger partial charge is 0.407 e. The van der Waals surface area contributed by atoms with E-state index in [1.807, 2.05) is 11.4 Å². The lowest BCUT2D eigenvalue weighted by atomic mass is 10.2. The quantitative estimate of drug-likeness (QED) is 0.621. The third-order valence-electron chi connectivity index (χ3n) is 2.73. The Morgan fingerprint density at radius 3 is 2.42 bits per heavy atom. The van der Waals surface area contributed by atoms with Crippen LogP contribution in [0.5, 0.6) is 0 Å². The second kappa shape index (κ2) is 9.92. The lowest BCUT2D eigenvalue weighted by molar-refractivity contribution is -0.120. The van der Waals surface area contributed by atoms with Gasteiger partial charge in [0, 0.05) is 26.1 Å². The minimum Gasteiger partial charge on any atom is -0.444 e. The van der Waals surface area contributed by atoms with Gasteiger partial charge in [0.25, 0.3) is 5.91 Å². The Labute approximate surface area is 146 Å². The van der Waals surface area contributed by atoms with Gasteiger partial charge in [0.05, 0.1) is 4.88 Å². The van der Waals surface area contributed by atoms with E-state index >= 15 is 0 Å². The lowest BCUT2D eigenvalue weighted by Crippen LogP contribution is -2.35. The van der Waals surface area contributed by atoms with Crippen molar-refractivity contribution in [2.24, 2.45) is 0 Å². The zero-order valence-corrected chi connectivity index (χ0v) is 15.1. The maximum absolute atomic E-state index is 11.7. The fourth-order valence-corrected chi connectivity index (χ4v) is 2.33. The Bertz CT molecular complexity index is 538. The summed E-state index contributed by atoms with van der Waals surface area (Å²) in [6.07, 6.45) is 0.287. The summed E-state index contributed by atoms with van der Waals surface area (Å²) < 4.78 is 5.06. The maximum Gasteiger partial charge on any atom is 0.407 e. The predicted octanol–water partition coefficient (Wildman–Crippen LogP) is 1.90. The number of hydrogen-bond acceptors (Lipinski definition) is 5. The van der Waals surface area contributed by atoms with Crippen LogP contribution in [-0.4, -0.2) is 43.1 Å². The molecule has 0 fully saturated rings. The van der Waals surface area contributed by atoms with Gasteiger partial charge in [0.15, 0.2) is 0 Å². The Morgan fingerprint density at radius 1 is 1.08 bits per heavy atom. The number of ether oxygens (including phenoxy) is 1. The molecule has 1 heterocycles. The number of rotatable bonds is 8. The molecule has 0 spiro atoms. The molecule has 3 amide bonds. The third kappa shape index (κ3) is 9.14. The molecule has 8 heteroatoms. The minimum absolute atomic E-state index is 0.0992. The summed E-state index contributed by atoms with van der Waals surface area (Å²) in [4.78, 5) is 35.3. The topological polar surface area (TPSA) is 96.5 Å².